The predicted octanol–water partition coefficient (Wildman–Crippen LogP) is 9.48. The van der Waals surface area contributed by atoms with Crippen LogP contribution >= 0.6 is 0 Å². The average molecular weight is 503 g/mol. The maximum atomic E-state index is 12.5. The Morgan fingerprint density at radius 3 is 2.22 bits per heavy atom. The predicted molar refractivity (Wildman–Crippen MR) is 153 cm³/mol. The number of hydrogen-bond donors (Lipinski definition) is 1. The average Bonchev–Trinajstić information content (AvgIpc) is 2.85. The van der Waals surface area contributed by atoms with E-state index in [0.717, 1.165) is 44.9 Å². The molecule has 2 rings (SSSR count). The second-order valence-electron chi connectivity index (χ2n) is 12.7. The van der Waals surface area contributed by atoms with Gasteiger partial charge in [-0.25, -0.2) is 0 Å². The third-order valence-corrected chi connectivity index (χ3v) is 8.89. The molecule has 0 amide bonds. The van der Waals surface area contributed by atoms with Crippen molar-refractivity contribution in [3.8, 4) is 0 Å². The third-order valence-electron chi connectivity index (χ3n) is 8.89. The minimum atomic E-state index is -0.224. The number of carbonyl (C=O) groups is 1. The molecule has 3 heteroatoms. The first-order chi connectivity index (χ1) is 17.2. The highest BCUT2D eigenvalue weighted by atomic mass is 16.5. The molecule has 1 N–H and O–H groups in total. The molecule has 36 heavy (non-hydrogen) atoms. The van der Waals surface area contributed by atoms with Crippen LogP contribution in [0.2, 0.25) is 0 Å². The maximum Gasteiger partial charge on any atom is 0.306 e. The van der Waals surface area contributed by atoms with Crippen molar-refractivity contribution in [1.29, 1.82) is 0 Å². The van der Waals surface area contributed by atoms with Crippen LogP contribution in [0, 0.1) is 17.3 Å². The van der Waals surface area contributed by atoms with E-state index in [2.05, 4.69) is 40.3 Å². The third kappa shape index (κ3) is 11.5. The Balaban J connectivity index is 1.54. The highest BCUT2D eigenvalue weighted by Crippen LogP contribution is 2.56. The van der Waals surface area contributed by atoms with Gasteiger partial charge in [0.1, 0.15) is 6.10 Å². The van der Waals surface area contributed by atoms with Crippen molar-refractivity contribution in [1.82, 2.24) is 0 Å². The zero-order chi connectivity index (χ0) is 26.4. The number of hydrogen-bond acceptors (Lipinski definition) is 3. The van der Waals surface area contributed by atoms with Crippen LogP contribution in [-0.2, 0) is 9.53 Å². The van der Waals surface area contributed by atoms with Crippen molar-refractivity contribution in [2.75, 3.05) is 0 Å². The number of aliphatic hydroxyl groups is 1. The fraction of sp³-hybridized carbons (Fsp3) is 0.848. The molecule has 0 aliphatic heterocycles. The van der Waals surface area contributed by atoms with Gasteiger partial charge in [-0.3, -0.25) is 4.79 Å². The molecule has 0 aromatic heterocycles. The van der Waals surface area contributed by atoms with Gasteiger partial charge in [-0.15, -0.1) is 0 Å². The first kappa shape index (κ1) is 31.1. The number of rotatable bonds is 17. The molecular formula is C33H58O3. The van der Waals surface area contributed by atoms with E-state index in [1.165, 1.54) is 81.8 Å². The van der Waals surface area contributed by atoms with E-state index in [4.69, 9.17) is 4.74 Å². The van der Waals surface area contributed by atoms with Crippen LogP contribution in [0.3, 0.4) is 0 Å². The summed E-state index contributed by atoms with van der Waals surface area (Å²) in [5, 5.41) is 10.3. The molecular weight excluding hydrogens is 444 g/mol. The standard InChI is InChI=1S/C33H58O3/c1-6-7-8-9-10-11-12-13-14-15-18-28(34)19-16-17-20-32(35)36-29-23-26(2)21-22-31-30(27(3)24-29)25-33(31,4)5/h23,28-31,34H,3,6-22,24-25H2,1-2,4-5H3/b26-23+/t28?,29-,30+,31+/m0/s1. The number of esters is 1. The summed E-state index contributed by atoms with van der Waals surface area (Å²) in [4.78, 5) is 12.5. The van der Waals surface area contributed by atoms with E-state index in [-0.39, 0.29) is 18.2 Å². The van der Waals surface area contributed by atoms with Crippen molar-refractivity contribution < 1.29 is 14.6 Å². The summed E-state index contributed by atoms with van der Waals surface area (Å²) in [6, 6.07) is 0. The Morgan fingerprint density at radius 2 is 1.61 bits per heavy atom. The van der Waals surface area contributed by atoms with Crippen molar-refractivity contribution in [2.24, 2.45) is 17.3 Å². The van der Waals surface area contributed by atoms with Crippen molar-refractivity contribution >= 4 is 5.97 Å². The summed E-state index contributed by atoms with van der Waals surface area (Å²) >= 11 is 0. The summed E-state index contributed by atoms with van der Waals surface area (Å²) in [6.45, 7) is 13.6. The molecule has 2 aliphatic carbocycles. The monoisotopic (exact) mass is 502 g/mol. The molecule has 208 valence electrons. The molecule has 3 nitrogen and oxygen atoms in total. The van der Waals surface area contributed by atoms with E-state index >= 15 is 0 Å². The molecule has 0 aromatic rings. The van der Waals surface area contributed by atoms with Gasteiger partial charge in [0.25, 0.3) is 0 Å². The van der Waals surface area contributed by atoms with Gasteiger partial charge in [0, 0.05) is 12.8 Å². The summed E-state index contributed by atoms with van der Waals surface area (Å²) in [5.41, 5.74) is 3.00. The summed E-state index contributed by atoms with van der Waals surface area (Å²) in [6.07, 6.45) is 23.1. The van der Waals surface area contributed by atoms with E-state index in [1.807, 2.05) is 0 Å². The molecule has 2 aliphatic rings. The number of unbranched alkanes of at least 4 members (excludes halogenated alkanes) is 10. The molecule has 0 saturated heterocycles. The largest absolute Gasteiger partial charge is 0.458 e. The Hall–Kier alpha value is -1.09. The molecule has 0 spiro atoms. The van der Waals surface area contributed by atoms with Gasteiger partial charge < -0.3 is 9.84 Å². The van der Waals surface area contributed by atoms with Crippen LogP contribution in [-0.4, -0.2) is 23.3 Å². The summed E-state index contributed by atoms with van der Waals surface area (Å²) < 4.78 is 5.89. The SMILES string of the molecule is C=C1C[C@@H](OC(=O)CCCCC(O)CCCCCCCCCCCC)/C=C(\C)CC[C@@H]2[C@@H]1CC2(C)C. The Bertz CT molecular complexity index is 676. The van der Waals surface area contributed by atoms with Gasteiger partial charge in [0.15, 0.2) is 0 Å². The number of fused-ring (bicyclic) bond motifs is 1. The first-order valence-electron chi connectivity index (χ1n) is 15.5. The molecule has 1 fully saturated rings. The van der Waals surface area contributed by atoms with Gasteiger partial charge in [0.2, 0.25) is 0 Å². The van der Waals surface area contributed by atoms with Crippen molar-refractivity contribution in [3.63, 3.8) is 0 Å². The molecule has 4 atom stereocenters. The van der Waals surface area contributed by atoms with Gasteiger partial charge in [-0.2, -0.15) is 0 Å². The molecule has 0 aromatic carbocycles. The molecule has 1 saturated carbocycles. The number of aliphatic hydroxyl groups excluding tert-OH is 1. The lowest BCUT2D eigenvalue weighted by Crippen LogP contribution is -2.44. The van der Waals surface area contributed by atoms with Gasteiger partial charge >= 0.3 is 5.97 Å². The maximum absolute atomic E-state index is 12.5. The zero-order valence-corrected chi connectivity index (χ0v) is 24.3. The lowest BCUT2D eigenvalue weighted by Gasteiger charge is -2.53. The van der Waals surface area contributed by atoms with E-state index in [1.54, 1.807) is 0 Å². The number of ether oxygens (including phenoxy) is 1. The van der Waals surface area contributed by atoms with Gasteiger partial charge in [-0.05, 0) is 68.8 Å². The second-order valence-corrected chi connectivity index (χ2v) is 12.7. The summed E-state index contributed by atoms with van der Waals surface area (Å²) in [5.74, 6) is 1.18. The molecule has 0 radical (unpaired) electrons. The topological polar surface area (TPSA) is 46.5 Å². The first-order valence-corrected chi connectivity index (χ1v) is 15.5. The fourth-order valence-electron chi connectivity index (χ4n) is 6.48. The van der Waals surface area contributed by atoms with Crippen LogP contribution in [0.1, 0.15) is 150 Å². The molecule has 0 heterocycles. The highest BCUT2D eigenvalue weighted by molar-refractivity contribution is 5.69. The highest BCUT2D eigenvalue weighted by Gasteiger charge is 2.47. The van der Waals surface area contributed by atoms with Gasteiger partial charge in [0.05, 0.1) is 6.10 Å². The smallest absolute Gasteiger partial charge is 0.306 e. The van der Waals surface area contributed by atoms with Crippen LogP contribution in [0.15, 0.2) is 23.8 Å². The van der Waals surface area contributed by atoms with E-state index in [9.17, 15) is 9.90 Å². The lowest BCUT2D eigenvalue weighted by atomic mass is 9.52. The van der Waals surface area contributed by atoms with Crippen molar-refractivity contribution in [2.45, 2.75) is 162 Å². The molecule has 0 bridgehead atoms. The zero-order valence-electron chi connectivity index (χ0n) is 24.3. The Kier molecular flexibility index (Phi) is 14.4. The minimum Gasteiger partial charge on any atom is -0.458 e. The quantitative estimate of drug-likeness (QED) is 0.122. The fourth-order valence-corrected chi connectivity index (χ4v) is 6.48. The van der Waals surface area contributed by atoms with Crippen LogP contribution in [0.4, 0.5) is 0 Å². The van der Waals surface area contributed by atoms with Gasteiger partial charge in [-0.1, -0.05) is 109 Å². The van der Waals surface area contributed by atoms with Crippen LogP contribution < -0.4 is 0 Å². The van der Waals surface area contributed by atoms with E-state index < -0.39 is 0 Å². The Morgan fingerprint density at radius 1 is 1.03 bits per heavy atom. The second kappa shape index (κ2) is 16.7. The lowest BCUT2D eigenvalue weighted by molar-refractivity contribution is -0.147. The Labute approximate surface area is 223 Å². The number of allylic oxidation sites excluding steroid dienone is 1. The van der Waals surface area contributed by atoms with E-state index in [0.29, 0.717) is 23.7 Å². The summed E-state index contributed by atoms with van der Waals surface area (Å²) in [7, 11) is 0. The number of carbonyl (C=O) groups excluding carboxylic acids is 1. The normalized spacial score (nSPS) is 26.0. The van der Waals surface area contributed by atoms with Crippen LogP contribution in [0.25, 0.3) is 0 Å². The van der Waals surface area contributed by atoms with Crippen molar-refractivity contribution in [3.05, 3.63) is 23.8 Å². The molecule has 1 unspecified atom stereocenters. The minimum absolute atomic E-state index is 0.106. The van der Waals surface area contributed by atoms with Crippen LogP contribution in [0.5, 0.6) is 0 Å².